The van der Waals surface area contributed by atoms with Crippen LogP contribution in [0, 0.1) is 0 Å². The molecule has 2 aromatic carbocycles. The van der Waals surface area contributed by atoms with Crippen LogP contribution in [0.15, 0.2) is 48.5 Å². The van der Waals surface area contributed by atoms with Crippen molar-refractivity contribution in [3.63, 3.8) is 0 Å². The van der Waals surface area contributed by atoms with Gasteiger partial charge in [-0.15, -0.1) is 0 Å². The van der Waals surface area contributed by atoms with Gasteiger partial charge >= 0.3 is 0 Å². The first-order chi connectivity index (χ1) is 10.7. The topological polar surface area (TPSA) is 20.3 Å². The number of hydrogen-bond acceptors (Lipinski definition) is 2. The van der Waals surface area contributed by atoms with Crippen LogP contribution in [0.1, 0.15) is 39.4 Å². The van der Waals surface area contributed by atoms with Crippen molar-refractivity contribution < 1.29 is 4.79 Å². The molecule has 0 saturated carbocycles. The van der Waals surface area contributed by atoms with Gasteiger partial charge in [0, 0.05) is 12.1 Å². The number of rotatable bonds is 3. The van der Waals surface area contributed by atoms with Gasteiger partial charge in [0.2, 0.25) is 0 Å². The minimum atomic E-state index is -0.0780. The molecule has 0 saturated heterocycles. The van der Waals surface area contributed by atoms with E-state index in [0.29, 0.717) is 0 Å². The Balaban J connectivity index is 1.93. The van der Waals surface area contributed by atoms with E-state index in [9.17, 15) is 4.79 Å². The normalized spacial score (nSPS) is 18.7. The van der Waals surface area contributed by atoms with E-state index in [-0.39, 0.29) is 11.7 Å². The van der Waals surface area contributed by atoms with E-state index in [1.807, 2.05) is 24.3 Å². The van der Waals surface area contributed by atoms with Crippen molar-refractivity contribution >= 4 is 16.9 Å². The molecule has 0 spiro atoms. The highest BCUT2D eigenvalue weighted by Gasteiger charge is 2.43. The molecular formula is C20H19NO. The number of benzene rings is 2. The van der Waals surface area contributed by atoms with Crippen molar-refractivity contribution in [3.05, 3.63) is 70.8 Å². The Hall–Kier alpha value is -2.19. The average molecular weight is 289 g/mol. The third kappa shape index (κ3) is 1.80. The van der Waals surface area contributed by atoms with Gasteiger partial charge in [0.1, 0.15) is 0 Å². The summed E-state index contributed by atoms with van der Waals surface area (Å²) in [5, 5.41) is 0. The van der Waals surface area contributed by atoms with Crippen LogP contribution in [0.4, 0.5) is 0 Å². The van der Waals surface area contributed by atoms with Gasteiger partial charge in [-0.3, -0.25) is 4.79 Å². The van der Waals surface area contributed by atoms with Crippen molar-refractivity contribution in [1.29, 1.82) is 0 Å². The number of carbonyl (C=O) groups is 1. The Morgan fingerprint density at radius 3 is 2.27 bits per heavy atom. The van der Waals surface area contributed by atoms with Crippen LogP contribution in [-0.4, -0.2) is 31.3 Å². The van der Waals surface area contributed by atoms with Crippen LogP contribution < -0.4 is 0 Å². The maximum absolute atomic E-state index is 12.9. The summed E-state index contributed by atoms with van der Waals surface area (Å²) in [6, 6.07) is 16.5. The number of Topliss-reactive ketones (excluding diaryl/α,β-unsaturated/α-hetero) is 1. The third-order valence-electron chi connectivity index (χ3n) is 4.76. The smallest absolute Gasteiger partial charge is 0.175 e. The zero-order chi connectivity index (χ0) is 15.3. The summed E-state index contributed by atoms with van der Waals surface area (Å²) in [6.45, 7) is 0.996. The molecule has 110 valence electrons. The minimum Gasteiger partial charge on any atom is -0.309 e. The molecule has 1 unspecified atom stereocenters. The van der Waals surface area contributed by atoms with Crippen LogP contribution in [0.2, 0.25) is 0 Å². The molecule has 2 aliphatic rings. The summed E-state index contributed by atoms with van der Waals surface area (Å²) < 4.78 is 0. The number of carbonyl (C=O) groups excluding carboxylic acids is 1. The monoisotopic (exact) mass is 289 g/mol. The Labute approximate surface area is 131 Å². The molecule has 0 amide bonds. The second-order valence-electron chi connectivity index (χ2n) is 6.38. The maximum atomic E-state index is 12.9. The molecule has 22 heavy (non-hydrogen) atoms. The number of allylic oxidation sites excluding steroid dienone is 1. The van der Waals surface area contributed by atoms with Crippen LogP contribution in [0.3, 0.4) is 0 Å². The minimum absolute atomic E-state index is 0.0780. The highest BCUT2D eigenvalue weighted by Crippen LogP contribution is 2.54. The van der Waals surface area contributed by atoms with Gasteiger partial charge in [0.05, 0.1) is 5.92 Å². The average Bonchev–Trinajstić information content (AvgIpc) is 3.00. The molecule has 0 N–H and O–H groups in total. The number of nitrogens with zero attached hydrogens (tertiary/aromatic N) is 1. The van der Waals surface area contributed by atoms with E-state index < -0.39 is 0 Å². The standard InChI is InChI=1S/C20H19NO/c1-21(2)12-11-16-13-7-3-4-8-14(13)19-18(16)15-9-5-6-10-17(15)20(19)22/h3-10,19H,11-12H2,1-2H3. The van der Waals surface area contributed by atoms with E-state index in [4.69, 9.17) is 0 Å². The quantitative estimate of drug-likeness (QED) is 0.855. The summed E-state index contributed by atoms with van der Waals surface area (Å²) in [5.41, 5.74) is 7.10. The van der Waals surface area contributed by atoms with Crippen LogP contribution >= 0.6 is 0 Å². The largest absolute Gasteiger partial charge is 0.309 e. The van der Waals surface area contributed by atoms with Crippen molar-refractivity contribution in [2.75, 3.05) is 20.6 Å². The molecule has 2 aromatic rings. The van der Waals surface area contributed by atoms with E-state index >= 15 is 0 Å². The van der Waals surface area contributed by atoms with Crippen LogP contribution in [0.5, 0.6) is 0 Å². The Kier molecular flexibility index (Phi) is 3.02. The van der Waals surface area contributed by atoms with E-state index in [1.54, 1.807) is 0 Å². The lowest BCUT2D eigenvalue weighted by Gasteiger charge is -2.13. The molecule has 0 aromatic heterocycles. The lowest BCUT2D eigenvalue weighted by Crippen LogP contribution is -2.13. The fourth-order valence-electron chi connectivity index (χ4n) is 3.78. The van der Waals surface area contributed by atoms with Crippen molar-refractivity contribution in [3.8, 4) is 0 Å². The molecule has 2 heteroatoms. The van der Waals surface area contributed by atoms with Crippen LogP contribution in [0.25, 0.3) is 11.1 Å². The second-order valence-corrected chi connectivity index (χ2v) is 6.38. The molecule has 0 radical (unpaired) electrons. The fourth-order valence-corrected chi connectivity index (χ4v) is 3.78. The molecule has 0 fully saturated rings. The predicted octanol–water partition coefficient (Wildman–Crippen LogP) is 3.84. The van der Waals surface area contributed by atoms with Gasteiger partial charge in [-0.1, -0.05) is 48.5 Å². The fraction of sp³-hybridized carbons (Fsp3) is 0.250. The lowest BCUT2D eigenvalue weighted by atomic mass is 9.95. The molecule has 2 nitrogen and oxygen atoms in total. The first kappa shape index (κ1) is 13.5. The van der Waals surface area contributed by atoms with Crippen LogP contribution in [-0.2, 0) is 0 Å². The predicted molar refractivity (Wildman–Crippen MR) is 89.9 cm³/mol. The highest BCUT2D eigenvalue weighted by atomic mass is 16.1. The first-order valence-corrected chi connectivity index (χ1v) is 7.79. The van der Waals surface area contributed by atoms with E-state index in [1.165, 1.54) is 22.3 Å². The molecule has 4 rings (SSSR count). The van der Waals surface area contributed by atoms with Gasteiger partial charge in [-0.2, -0.15) is 0 Å². The Morgan fingerprint density at radius 1 is 0.909 bits per heavy atom. The summed E-state index contributed by atoms with van der Waals surface area (Å²) in [6.07, 6.45) is 0.984. The highest BCUT2D eigenvalue weighted by molar-refractivity contribution is 6.24. The SMILES string of the molecule is CN(C)CCC1=C2c3ccccc3C(=O)C2c2ccccc21. The van der Waals surface area contributed by atoms with Crippen molar-refractivity contribution in [2.24, 2.45) is 0 Å². The Bertz CT molecular complexity index is 801. The van der Waals surface area contributed by atoms with Gasteiger partial charge in [0.25, 0.3) is 0 Å². The summed E-state index contributed by atoms with van der Waals surface area (Å²) in [7, 11) is 4.19. The molecular weight excluding hydrogens is 270 g/mol. The number of hydrogen-bond donors (Lipinski definition) is 0. The zero-order valence-corrected chi connectivity index (χ0v) is 13.0. The molecule has 0 bridgehead atoms. The van der Waals surface area contributed by atoms with Gasteiger partial charge in [-0.05, 0) is 48.4 Å². The number of ketones is 1. The van der Waals surface area contributed by atoms with E-state index in [2.05, 4.69) is 43.3 Å². The van der Waals surface area contributed by atoms with Gasteiger partial charge in [0.15, 0.2) is 5.78 Å². The summed E-state index contributed by atoms with van der Waals surface area (Å²) in [4.78, 5) is 15.1. The maximum Gasteiger partial charge on any atom is 0.175 e. The van der Waals surface area contributed by atoms with Gasteiger partial charge in [-0.25, -0.2) is 0 Å². The molecule has 0 aliphatic heterocycles. The Morgan fingerprint density at radius 2 is 1.55 bits per heavy atom. The molecule has 1 atom stereocenters. The summed E-state index contributed by atoms with van der Waals surface area (Å²) in [5.74, 6) is 0.184. The first-order valence-electron chi connectivity index (χ1n) is 7.79. The molecule has 0 heterocycles. The van der Waals surface area contributed by atoms with Gasteiger partial charge < -0.3 is 4.90 Å². The second kappa shape index (κ2) is 4.92. The molecule has 2 aliphatic carbocycles. The lowest BCUT2D eigenvalue weighted by molar-refractivity contribution is 0.0987. The number of fused-ring (bicyclic) bond motifs is 5. The van der Waals surface area contributed by atoms with Crippen molar-refractivity contribution in [1.82, 2.24) is 4.90 Å². The summed E-state index contributed by atoms with van der Waals surface area (Å²) >= 11 is 0. The third-order valence-corrected chi connectivity index (χ3v) is 4.76. The zero-order valence-electron chi connectivity index (χ0n) is 13.0. The van der Waals surface area contributed by atoms with E-state index in [0.717, 1.165) is 24.1 Å². The van der Waals surface area contributed by atoms with Crippen molar-refractivity contribution in [2.45, 2.75) is 12.3 Å².